The summed E-state index contributed by atoms with van der Waals surface area (Å²) in [6.07, 6.45) is 7.82. The van der Waals surface area contributed by atoms with Gasteiger partial charge in [0, 0.05) is 106 Å². The number of piperidine rings is 2. The third-order valence-electron chi connectivity index (χ3n) is 12.3. The van der Waals surface area contributed by atoms with E-state index in [0.29, 0.717) is 56.1 Å². The van der Waals surface area contributed by atoms with E-state index < -0.39 is 23.3 Å². The van der Waals surface area contributed by atoms with Crippen molar-refractivity contribution in [3.05, 3.63) is 107 Å². The lowest BCUT2D eigenvalue weighted by molar-refractivity contribution is -0.116. The standard InChI is InChI=1S/C45H56F2N10O5/c1-28-23-57(43-35(28)20-32(22-52-43)53-40(59)10-15-51-27-58)33-11-16-54(17-12-33)26-45(47)13-18-55(19-14-45)44(61)31-8-6-30(7-9-31)39-24-56(29(2)25-62-39)38(42(49)50)21-37(48)34-4-3-5-36(46)41(34)60/h3-9,20-23,27,29,33,39,60H,10-19,24-26,48-50H2,1-2H3,(H,51,58)(H,53,59)/b37-21-. The molecule has 0 bridgehead atoms. The number of amides is 3. The Morgan fingerprint density at radius 2 is 1.79 bits per heavy atom. The normalized spacial score (nSPS) is 19.9. The molecule has 3 amide bonds. The van der Waals surface area contributed by atoms with Gasteiger partial charge in [-0.25, -0.2) is 13.8 Å². The zero-order valence-corrected chi connectivity index (χ0v) is 35.2. The number of phenols is 1. The molecule has 62 heavy (non-hydrogen) atoms. The summed E-state index contributed by atoms with van der Waals surface area (Å²) in [6, 6.07) is 13.3. The number of aromatic hydroxyl groups is 1. The molecule has 2 aromatic heterocycles. The van der Waals surface area contributed by atoms with Crippen LogP contribution in [0, 0.1) is 12.7 Å². The van der Waals surface area contributed by atoms with E-state index in [1.165, 1.54) is 18.2 Å². The molecule has 3 saturated heterocycles. The first-order chi connectivity index (χ1) is 29.7. The number of carbonyl (C=O) groups excluding carboxylic acids is 3. The van der Waals surface area contributed by atoms with Crippen LogP contribution >= 0.6 is 0 Å². The average Bonchev–Trinajstić information content (AvgIpc) is 3.59. The Morgan fingerprint density at radius 3 is 2.48 bits per heavy atom. The number of nitrogens with two attached hydrogens (primary N) is 3. The summed E-state index contributed by atoms with van der Waals surface area (Å²) < 4.78 is 38.8. The first-order valence-electron chi connectivity index (χ1n) is 21.1. The number of benzene rings is 2. The number of nitrogens with zero attached hydrogens (tertiary/aromatic N) is 5. The molecule has 0 spiro atoms. The summed E-state index contributed by atoms with van der Waals surface area (Å²) in [5.74, 6) is -1.72. The summed E-state index contributed by atoms with van der Waals surface area (Å²) in [7, 11) is 0. The van der Waals surface area contributed by atoms with E-state index in [1.807, 2.05) is 36.9 Å². The number of phenolic OH excluding ortho intramolecular Hbond substituents is 1. The van der Waals surface area contributed by atoms with Crippen LogP contribution in [0.3, 0.4) is 0 Å². The van der Waals surface area contributed by atoms with Crippen molar-refractivity contribution in [2.75, 3.05) is 57.7 Å². The fraction of sp³-hybridized carbons (Fsp3) is 0.422. The summed E-state index contributed by atoms with van der Waals surface area (Å²) in [5.41, 5.74) is 21.6. The predicted octanol–water partition coefficient (Wildman–Crippen LogP) is 4.39. The third kappa shape index (κ3) is 9.79. The number of morpholine rings is 1. The van der Waals surface area contributed by atoms with E-state index in [-0.39, 0.29) is 66.8 Å². The van der Waals surface area contributed by atoms with Crippen LogP contribution < -0.4 is 27.8 Å². The van der Waals surface area contributed by atoms with Crippen molar-refractivity contribution in [3.63, 3.8) is 0 Å². The topological polar surface area (TPSA) is 210 Å². The van der Waals surface area contributed by atoms with Gasteiger partial charge in [0.15, 0.2) is 11.6 Å². The van der Waals surface area contributed by atoms with Crippen LogP contribution in [0.1, 0.15) is 78.2 Å². The van der Waals surface area contributed by atoms with Crippen LogP contribution in [-0.4, -0.2) is 112 Å². The van der Waals surface area contributed by atoms with Gasteiger partial charge in [-0.15, -0.1) is 0 Å². The maximum atomic E-state index is 16.3. The average molecular weight is 855 g/mol. The van der Waals surface area contributed by atoms with Gasteiger partial charge in [-0.05, 0) is 74.2 Å². The molecule has 3 aliphatic rings. The first kappa shape index (κ1) is 43.9. The Morgan fingerprint density at radius 1 is 1.06 bits per heavy atom. The second-order valence-electron chi connectivity index (χ2n) is 16.7. The van der Waals surface area contributed by atoms with Gasteiger partial charge >= 0.3 is 0 Å². The van der Waals surface area contributed by atoms with Crippen LogP contribution in [0.5, 0.6) is 5.75 Å². The number of para-hydroxylation sites is 1. The number of allylic oxidation sites excluding steroid dienone is 1. The molecular formula is C45H56F2N10O5. The number of hydrogen-bond acceptors (Lipinski definition) is 11. The highest BCUT2D eigenvalue weighted by Gasteiger charge is 2.39. The molecule has 0 saturated carbocycles. The number of ether oxygens (including phenoxy) is 1. The minimum Gasteiger partial charge on any atom is -0.504 e. The van der Waals surface area contributed by atoms with Gasteiger partial charge in [-0.1, -0.05) is 18.2 Å². The molecule has 330 valence electrons. The Kier molecular flexibility index (Phi) is 13.3. The number of nitrogens with one attached hydrogen (secondary N) is 2. The second-order valence-corrected chi connectivity index (χ2v) is 16.7. The number of alkyl halides is 1. The zero-order chi connectivity index (χ0) is 44.1. The molecule has 15 nitrogen and oxygen atoms in total. The van der Waals surface area contributed by atoms with Gasteiger partial charge in [0.05, 0.1) is 24.2 Å². The number of likely N-dealkylation sites (tertiary alicyclic amines) is 2. The first-order valence-corrected chi connectivity index (χ1v) is 21.1. The molecule has 2 unspecified atom stereocenters. The van der Waals surface area contributed by atoms with E-state index >= 15 is 4.39 Å². The summed E-state index contributed by atoms with van der Waals surface area (Å²) >= 11 is 0. The van der Waals surface area contributed by atoms with Crippen LogP contribution in [0.25, 0.3) is 16.7 Å². The van der Waals surface area contributed by atoms with E-state index in [2.05, 4.69) is 31.3 Å². The Labute approximate surface area is 359 Å². The molecule has 2 aromatic carbocycles. The van der Waals surface area contributed by atoms with Crippen molar-refractivity contribution in [3.8, 4) is 5.75 Å². The van der Waals surface area contributed by atoms with Gasteiger partial charge in [-0.3, -0.25) is 14.4 Å². The fourth-order valence-corrected chi connectivity index (χ4v) is 8.76. The lowest BCUT2D eigenvalue weighted by Crippen LogP contribution is -2.51. The SMILES string of the molecule is Cc1cn(C2CCN(CC3(F)CCN(C(=O)c4ccc(C5CN(C(/C=C(\N)c6cccc(F)c6O)=C(N)N)C(C)CO5)cc4)CC3)CC2)c2ncc(NC(=O)CCNC=O)cc12. The lowest BCUT2D eigenvalue weighted by atomic mass is 9.91. The number of halogens is 2. The molecule has 4 aromatic rings. The number of carbonyl (C=O) groups is 3. The number of aryl methyl sites for hydroxylation is 1. The lowest BCUT2D eigenvalue weighted by Gasteiger charge is -2.41. The van der Waals surface area contributed by atoms with Crippen molar-refractivity contribution in [2.45, 2.75) is 69.8 Å². The third-order valence-corrected chi connectivity index (χ3v) is 12.3. The summed E-state index contributed by atoms with van der Waals surface area (Å²) in [5, 5.41) is 16.5. The van der Waals surface area contributed by atoms with Crippen molar-refractivity contribution in [1.82, 2.24) is 29.6 Å². The van der Waals surface area contributed by atoms with E-state index in [9.17, 15) is 23.9 Å². The highest BCUT2D eigenvalue weighted by Crippen LogP contribution is 2.35. The van der Waals surface area contributed by atoms with E-state index in [0.717, 1.165) is 54.2 Å². The number of anilines is 1. The minimum absolute atomic E-state index is 0.000479. The maximum absolute atomic E-state index is 16.3. The van der Waals surface area contributed by atoms with Crippen LogP contribution in [0.15, 0.2) is 78.5 Å². The summed E-state index contributed by atoms with van der Waals surface area (Å²) in [6.45, 7) is 7.39. The van der Waals surface area contributed by atoms with Crippen molar-refractivity contribution in [2.24, 2.45) is 17.2 Å². The molecule has 3 aliphatic heterocycles. The summed E-state index contributed by atoms with van der Waals surface area (Å²) in [4.78, 5) is 46.9. The number of aromatic nitrogens is 2. The van der Waals surface area contributed by atoms with Crippen molar-refractivity contribution in [1.29, 1.82) is 0 Å². The molecule has 9 N–H and O–H groups in total. The number of hydrogen-bond donors (Lipinski definition) is 6. The fourth-order valence-electron chi connectivity index (χ4n) is 8.76. The molecule has 17 heteroatoms. The quantitative estimate of drug-likeness (QED) is 0.0631. The predicted molar refractivity (Wildman–Crippen MR) is 232 cm³/mol. The molecule has 5 heterocycles. The monoisotopic (exact) mass is 854 g/mol. The smallest absolute Gasteiger partial charge is 0.253 e. The molecular weight excluding hydrogens is 799 g/mol. The molecule has 2 atom stereocenters. The van der Waals surface area contributed by atoms with Gasteiger partial charge < -0.3 is 56.9 Å². The van der Waals surface area contributed by atoms with Crippen molar-refractivity contribution < 1.29 is 33.0 Å². The Balaban J connectivity index is 0.901. The van der Waals surface area contributed by atoms with Crippen LogP contribution in [0.2, 0.25) is 0 Å². The maximum Gasteiger partial charge on any atom is 0.253 e. The van der Waals surface area contributed by atoms with E-state index in [1.54, 1.807) is 23.2 Å². The second kappa shape index (κ2) is 18.8. The molecule has 0 aliphatic carbocycles. The van der Waals surface area contributed by atoms with Crippen LogP contribution in [0.4, 0.5) is 14.5 Å². The minimum atomic E-state index is -1.39. The highest BCUT2D eigenvalue weighted by molar-refractivity contribution is 5.94. The zero-order valence-electron chi connectivity index (χ0n) is 35.2. The van der Waals surface area contributed by atoms with E-state index in [4.69, 9.17) is 21.9 Å². The van der Waals surface area contributed by atoms with Gasteiger partial charge in [0.25, 0.3) is 5.91 Å². The largest absolute Gasteiger partial charge is 0.504 e. The molecule has 3 fully saturated rings. The number of fused-ring (bicyclic) bond motifs is 1. The number of rotatable bonds is 13. The highest BCUT2D eigenvalue weighted by atomic mass is 19.1. The van der Waals surface area contributed by atoms with Crippen molar-refractivity contribution >= 4 is 40.6 Å². The Bertz CT molecular complexity index is 2330. The van der Waals surface area contributed by atoms with Crippen LogP contribution in [-0.2, 0) is 14.3 Å². The Hall–Kier alpha value is -6.20. The molecule has 0 radical (unpaired) electrons. The van der Waals surface area contributed by atoms with Gasteiger partial charge in [0.2, 0.25) is 12.3 Å². The van der Waals surface area contributed by atoms with Gasteiger partial charge in [-0.2, -0.15) is 0 Å². The van der Waals surface area contributed by atoms with Gasteiger partial charge in [0.1, 0.15) is 23.2 Å². The number of pyridine rings is 1. The molecule has 7 rings (SSSR count).